The number of fused-ring (bicyclic) bond motifs is 2. The molecule has 7 unspecified atom stereocenters. The van der Waals surface area contributed by atoms with Crippen LogP contribution in [0, 0.1) is 17.2 Å². The smallest absolute Gasteiger partial charge is 0.246 e. The lowest BCUT2D eigenvalue weighted by Gasteiger charge is -2.60. The van der Waals surface area contributed by atoms with Crippen molar-refractivity contribution in [1.82, 2.24) is 24.9 Å². The summed E-state index contributed by atoms with van der Waals surface area (Å²) in [6, 6.07) is 9.27. The first-order valence-corrected chi connectivity index (χ1v) is 19.2. The minimum absolute atomic E-state index is 0.148. The molecule has 2 aliphatic carbocycles. The van der Waals surface area contributed by atoms with Crippen molar-refractivity contribution < 1.29 is 23.5 Å². The molecule has 3 saturated heterocycles. The van der Waals surface area contributed by atoms with E-state index in [1.165, 1.54) is 25.3 Å². The van der Waals surface area contributed by atoms with E-state index in [2.05, 4.69) is 39.7 Å². The number of ether oxygens (including phenoxy) is 2. The van der Waals surface area contributed by atoms with Crippen LogP contribution in [0.15, 0.2) is 36.9 Å². The van der Waals surface area contributed by atoms with Crippen LogP contribution >= 0.6 is 0 Å². The Morgan fingerprint density at radius 3 is 2.62 bits per heavy atom. The zero-order valence-electron chi connectivity index (χ0n) is 29.7. The van der Waals surface area contributed by atoms with Gasteiger partial charge in [-0.3, -0.25) is 19.8 Å². The highest BCUT2D eigenvalue weighted by Crippen LogP contribution is 2.50. The summed E-state index contributed by atoms with van der Waals surface area (Å²) in [6.45, 7) is 7.09. The van der Waals surface area contributed by atoms with E-state index in [0.29, 0.717) is 50.7 Å². The Morgan fingerprint density at radius 2 is 1.88 bits per heavy atom. The number of nitrogens with one attached hydrogen (secondary N) is 1. The van der Waals surface area contributed by atoms with Crippen LogP contribution in [0.2, 0.25) is 0 Å². The van der Waals surface area contributed by atoms with Gasteiger partial charge in [-0.2, -0.15) is 5.26 Å². The maximum Gasteiger partial charge on any atom is 0.246 e. The SMILES string of the molecule is C=CC(=O)N1CCN(C2C3CC[C@@]4(OCc5ccccc5C4F)C(=O)C3NC(OCC3CCCN3C)N2C2CCCCCCC2)CC1CC#N. The molecule has 1 N–H and O–H groups in total. The van der Waals surface area contributed by atoms with Crippen LogP contribution in [0.4, 0.5) is 4.39 Å². The lowest BCUT2D eigenvalue weighted by molar-refractivity contribution is -0.227. The molecule has 7 rings (SSSR count). The number of alkyl halides is 1. The number of halogens is 1. The van der Waals surface area contributed by atoms with Gasteiger partial charge in [0.1, 0.15) is 0 Å². The fraction of sp³-hybridized carbons (Fsp3) is 0.718. The lowest BCUT2D eigenvalue weighted by atomic mass is 9.67. The van der Waals surface area contributed by atoms with Crippen molar-refractivity contribution in [1.29, 1.82) is 5.26 Å². The van der Waals surface area contributed by atoms with E-state index in [-0.39, 0.29) is 48.9 Å². The highest BCUT2D eigenvalue weighted by atomic mass is 19.1. The molecule has 11 heteroatoms. The summed E-state index contributed by atoms with van der Waals surface area (Å²) < 4.78 is 30.0. The molecule has 1 spiro atoms. The standard InChI is InChI=1S/C39H55FN6O4/c1-3-33(47)45-23-22-44(24-29(45)18-20-41)37-32-17-19-39(35(40)31-16-10-9-12-27(31)25-50-39)36(48)34(32)42-38(49-26-30-15-11-21-43(30)2)46(37)28-13-7-5-4-6-8-14-28/h3,9-10,12,16,28-30,32,34-35,37-38,42H,1,4-8,11,13-15,17-19,21-26H2,2H3/t29?,30?,32?,34?,35?,37?,38?,39-/m0/s1. The van der Waals surface area contributed by atoms with Crippen molar-refractivity contribution in [2.24, 2.45) is 5.92 Å². The highest BCUT2D eigenvalue weighted by Gasteiger charge is 2.62. The Balaban J connectivity index is 1.26. The predicted molar refractivity (Wildman–Crippen MR) is 187 cm³/mol. The molecule has 10 nitrogen and oxygen atoms in total. The summed E-state index contributed by atoms with van der Waals surface area (Å²) in [5, 5.41) is 13.5. The Labute approximate surface area is 296 Å². The number of carbonyl (C=O) groups is 2. The number of amides is 1. The van der Waals surface area contributed by atoms with Crippen LogP contribution in [0.5, 0.6) is 0 Å². The summed E-state index contributed by atoms with van der Waals surface area (Å²) in [7, 11) is 2.15. The van der Waals surface area contributed by atoms with E-state index in [9.17, 15) is 14.9 Å². The molecule has 6 aliphatic rings. The molecular weight excluding hydrogens is 635 g/mol. The van der Waals surface area contributed by atoms with Crippen LogP contribution in [-0.2, 0) is 25.7 Å². The van der Waals surface area contributed by atoms with Gasteiger partial charge < -0.3 is 19.3 Å². The molecule has 272 valence electrons. The number of hydrogen-bond acceptors (Lipinski definition) is 9. The average molecular weight is 691 g/mol. The molecule has 50 heavy (non-hydrogen) atoms. The van der Waals surface area contributed by atoms with E-state index < -0.39 is 24.2 Å². The number of likely N-dealkylation sites (N-methyl/N-ethyl adjacent to an activating group) is 1. The minimum atomic E-state index is -1.55. The van der Waals surface area contributed by atoms with Crippen molar-refractivity contribution in [3.63, 3.8) is 0 Å². The number of ketones is 1. The Hall–Kier alpha value is -2.72. The first-order chi connectivity index (χ1) is 24.4. The molecule has 8 atom stereocenters. The van der Waals surface area contributed by atoms with E-state index >= 15 is 4.39 Å². The van der Waals surface area contributed by atoms with E-state index in [1.54, 1.807) is 11.0 Å². The van der Waals surface area contributed by atoms with Crippen LogP contribution in [-0.4, -0.2) is 113 Å². The maximum atomic E-state index is 16.7. The van der Waals surface area contributed by atoms with Crippen molar-refractivity contribution in [3.05, 3.63) is 48.0 Å². The third-order valence-corrected chi connectivity index (χ3v) is 12.8. The number of nitrogens with zero attached hydrogens (tertiary/aromatic N) is 5. The minimum Gasteiger partial charge on any atom is -0.359 e. The predicted octanol–water partition coefficient (Wildman–Crippen LogP) is 4.66. The zero-order valence-corrected chi connectivity index (χ0v) is 29.7. The highest BCUT2D eigenvalue weighted by molar-refractivity contribution is 5.94. The topological polar surface area (TPSA) is 101 Å². The summed E-state index contributed by atoms with van der Waals surface area (Å²) >= 11 is 0. The number of likely N-dealkylation sites (tertiary alicyclic amines) is 1. The fourth-order valence-corrected chi connectivity index (χ4v) is 10.0. The van der Waals surface area contributed by atoms with Crippen LogP contribution in [0.3, 0.4) is 0 Å². The lowest BCUT2D eigenvalue weighted by Crippen LogP contribution is -2.78. The van der Waals surface area contributed by atoms with Gasteiger partial charge in [0, 0.05) is 37.6 Å². The van der Waals surface area contributed by atoms with Crippen molar-refractivity contribution in [2.45, 2.75) is 132 Å². The maximum absolute atomic E-state index is 16.7. The van der Waals surface area contributed by atoms with Gasteiger partial charge >= 0.3 is 0 Å². The van der Waals surface area contributed by atoms with Crippen LogP contribution < -0.4 is 5.32 Å². The summed E-state index contributed by atoms with van der Waals surface area (Å²) in [5.74, 6) is -0.533. The number of Topliss-reactive ketones (excluding diaryl/α,β-unsaturated/α-hetero) is 1. The second-order valence-electron chi connectivity index (χ2n) is 15.5. The molecule has 1 aromatic carbocycles. The summed E-state index contributed by atoms with van der Waals surface area (Å²) in [5.41, 5.74) is -0.208. The Bertz CT molecular complexity index is 1430. The summed E-state index contributed by atoms with van der Waals surface area (Å²) in [6.07, 6.45) is 10.4. The zero-order chi connectivity index (χ0) is 34.8. The first-order valence-electron chi connectivity index (χ1n) is 19.2. The third-order valence-electron chi connectivity index (χ3n) is 12.8. The van der Waals surface area contributed by atoms with E-state index in [4.69, 9.17) is 9.47 Å². The molecule has 4 heterocycles. The summed E-state index contributed by atoms with van der Waals surface area (Å²) in [4.78, 5) is 36.9. The van der Waals surface area contributed by atoms with Gasteiger partial charge in [-0.25, -0.2) is 9.29 Å². The normalized spacial score (nSPS) is 36.3. The number of hydrogen-bond donors (Lipinski definition) is 1. The monoisotopic (exact) mass is 690 g/mol. The van der Waals surface area contributed by atoms with Gasteiger partial charge in [0.15, 0.2) is 23.9 Å². The van der Waals surface area contributed by atoms with E-state index in [1.807, 2.05) is 18.2 Å². The number of carbonyl (C=O) groups excluding carboxylic acids is 2. The van der Waals surface area contributed by atoms with Crippen molar-refractivity contribution in [2.75, 3.05) is 39.8 Å². The van der Waals surface area contributed by atoms with Gasteiger partial charge in [0.05, 0.1) is 44.0 Å². The third kappa shape index (κ3) is 6.68. The molecular formula is C39H55FN6O4. The van der Waals surface area contributed by atoms with Crippen LogP contribution in [0.25, 0.3) is 0 Å². The van der Waals surface area contributed by atoms with Gasteiger partial charge in [-0.05, 0) is 69.3 Å². The second kappa shape index (κ2) is 15.5. The molecule has 0 radical (unpaired) electrons. The second-order valence-corrected chi connectivity index (χ2v) is 15.5. The fourth-order valence-electron chi connectivity index (χ4n) is 10.0. The first kappa shape index (κ1) is 35.7. The number of rotatable bonds is 7. The molecule has 2 saturated carbocycles. The molecule has 0 aromatic heterocycles. The van der Waals surface area contributed by atoms with Gasteiger partial charge in [-0.15, -0.1) is 0 Å². The molecule has 5 fully saturated rings. The number of piperazine rings is 1. The van der Waals surface area contributed by atoms with Gasteiger partial charge in [0.25, 0.3) is 0 Å². The molecule has 0 bridgehead atoms. The van der Waals surface area contributed by atoms with Crippen LogP contribution in [0.1, 0.15) is 94.3 Å². The molecule has 1 aromatic rings. The largest absolute Gasteiger partial charge is 0.359 e. The Kier molecular flexibility index (Phi) is 11.0. The molecule has 4 aliphatic heterocycles. The van der Waals surface area contributed by atoms with Gasteiger partial charge in [-0.1, -0.05) is 62.9 Å². The van der Waals surface area contributed by atoms with Crippen molar-refractivity contribution in [3.8, 4) is 6.07 Å². The number of benzene rings is 1. The quantitative estimate of drug-likeness (QED) is 0.410. The van der Waals surface area contributed by atoms with E-state index in [0.717, 1.165) is 50.6 Å². The molecule has 1 amide bonds. The van der Waals surface area contributed by atoms with Crippen molar-refractivity contribution >= 4 is 11.7 Å². The van der Waals surface area contributed by atoms with Gasteiger partial charge in [0.2, 0.25) is 5.91 Å². The Morgan fingerprint density at radius 1 is 1.10 bits per heavy atom. The average Bonchev–Trinajstić information content (AvgIpc) is 3.54. The number of nitriles is 1.